The van der Waals surface area contributed by atoms with E-state index in [1.54, 1.807) is 0 Å². The molecule has 0 aliphatic heterocycles. The number of aromatic nitrogens is 2. The van der Waals surface area contributed by atoms with Crippen LogP contribution in [0.1, 0.15) is 47.6 Å². The summed E-state index contributed by atoms with van der Waals surface area (Å²) in [4.78, 5) is 18.1. The lowest BCUT2D eigenvalue weighted by Gasteiger charge is -2.08. The van der Waals surface area contributed by atoms with Gasteiger partial charge in [0.25, 0.3) is 5.91 Å². The van der Waals surface area contributed by atoms with Crippen molar-refractivity contribution in [2.75, 3.05) is 6.61 Å². The number of benzene rings is 1. The molecule has 0 aliphatic rings. The summed E-state index contributed by atoms with van der Waals surface area (Å²) in [6.45, 7) is 7.13. The van der Waals surface area contributed by atoms with Gasteiger partial charge in [-0.3, -0.25) is 4.79 Å². The van der Waals surface area contributed by atoms with E-state index in [4.69, 9.17) is 4.74 Å². The highest BCUT2D eigenvalue weighted by molar-refractivity contribution is 7.16. The lowest BCUT2D eigenvalue weighted by atomic mass is 10.1. The molecule has 1 amide bonds. The van der Waals surface area contributed by atoms with Gasteiger partial charge in [0.2, 0.25) is 0 Å². The molecule has 0 aliphatic carbocycles. The second-order valence-electron chi connectivity index (χ2n) is 6.22. The minimum atomic E-state index is -0.0913. The molecule has 0 bridgehead atoms. The molecule has 5 nitrogen and oxygen atoms in total. The summed E-state index contributed by atoms with van der Waals surface area (Å²) in [6, 6.07) is 11.7. The fourth-order valence-electron chi connectivity index (χ4n) is 2.62. The van der Waals surface area contributed by atoms with Crippen LogP contribution in [0.3, 0.4) is 0 Å². The number of amides is 1. The number of carbonyl (C=O) groups excluding carboxylic acids is 1. The maximum absolute atomic E-state index is 12.8. The summed E-state index contributed by atoms with van der Waals surface area (Å²) in [5, 5.41) is 3.81. The van der Waals surface area contributed by atoms with Crippen LogP contribution in [0.5, 0.6) is 5.75 Å². The van der Waals surface area contributed by atoms with Crippen LogP contribution in [-0.4, -0.2) is 22.1 Å². The van der Waals surface area contributed by atoms with Crippen LogP contribution in [0.2, 0.25) is 0 Å². The molecule has 3 aromatic rings. The van der Waals surface area contributed by atoms with Gasteiger partial charge in [-0.05, 0) is 42.7 Å². The van der Waals surface area contributed by atoms with Gasteiger partial charge in [0.15, 0.2) is 5.13 Å². The van der Waals surface area contributed by atoms with Crippen molar-refractivity contribution in [1.29, 1.82) is 0 Å². The molecule has 0 saturated carbocycles. The Morgan fingerprint density at radius 2 is 2.04 bits per heavy atom. The summed E-state index contributed by atoms with van der Waals surface area (Å²) >= 11 is 1.42. The fraction of sp³-hybridized carbons (Fsp3) is 0.300. The Bertz CT molecular complexity index is 869. The van der Waals surface area contributed by atoms with Crippen LogP contribution in [0.25, 0.3) is 5.13 Å². The molecule has 2 aromatic heterocycles. The number of hydrogen-bond acceptors (Lipinski definition) is 4. The smallest absolute Gasteiger partial charge is 0.263 e. The van der Waals surface area contributed by atoms with E-state index in [0.717, 1.165) is 22.1 Å². The van der Waals surface area contributed by atoms with Crippen LogP contribution < -0.4 is 10.1 Å². The Balaban J connectivity index is 1.76. The molecule has 1 aromatic carbocycles. The first-order chi connectivity index (χ1) is 12.6. The third-order valence-corrected chi connectivity index (χ3v) is 4.97. The van der Waals surface area contributed by atoms with Gasteiger partial charge >= 0.3 is 0 Å². The highest BCUT2D eigenvalue weighted by Gasteiger charge is 2.20. The first kappa shape index (κ1) is 18.2. The highest BCUT2D eigenvalue weighted by atomic mass is 32.1. The molecule has 26 heavy (non-hydrogen) atoms. The summed E-state index contributed by atoms with van der Waals surface area (Å²) < 4.78 is 7.44. The Kier molecular flexibility index (Phi) is 5.73. The Morgan fingerprint density at radius 1 is 1.27 bits per heavy atom. The maximum Gasteiger partial charge on any atom is 0.263 e. The van der Waals surface area contributed by atoms with Crippen molar-refractivity contribution in [3.63, 3.8) is 0 Å². The van der Waals surface area contributed by atoms with E-state index in [1.807, 2.05) is 60.3 Å². The van der Waals surface area contributed by atoms with Crippen molar-refractivity contribution in [3.05, 3.63) is 64.9 Å². The second-order valence-corrected chi connectivity index (χ2v) is 7.20. The molecule has 0 atom stereocenters. The molecule has 0 spiro atoms. The predicted molar refractivity (Wildman–Crippen MR) is 104 cm³/mol. The fourth-order valence-corrected chi connectivity index (χ4v) is 3.73. The van der Waals surface area contributed by atoms with Crippen molar-refractivity contribution < 1.29 is 9.53 Å². The van der Waals surface area contributed by atoms with Crippen molar-refractivity contribution in [1.82, 2.24) is 14.9 Å². The van der Waals surface area contributed by atoms with E-state index in [2.05, 4.69) is 24.1 Å². The van der Waals surface area contributed by atoms with E-state index in [0.29, 0.717) is 18.0 Å². The third kappa shape index (κ3) is 4.14. The molecule has 0 saturated heterocycles. The molecule has 136 valence electrons. The lowest BCUT2D eigenvalue weighted by molar-refractivity contribution is 0.0953. The topological polar surface area (TPSA) is 56.1 Å². The van der Waals surface area contributed by atoms with E-state index < -0.39 is 0 Å². The molecular formula is C20H23N3O2S. The first-order valence-electron chi connectivity index (χ1n) is 8.72. The minimum absolute atomic E-state index is 0.0913. The van der Waals surface area contributed by atoms with Crippen LogP contribution >= 0.6 is 11.3 Å². The zero-order valence-corrected chi connectivity index (χ0v) is 16.0. The molecule has 0 fully saturated rings. The maximum atomic E-state index is 12.8. The Labute approximate surface area is 157 Å². The van der Waals surface area contributed by atoms with Crippen molar-refractivity contribution >= 4 is 17.2 Å². The van der Waals surface area contributed by atoms with E-state index in [9.17, 15) is 4.79 Å². The number of thiazole rings is 1. The lowest BCUT2D eigenvalue weighted by Crippen LogP contribution is -2.23. The SMILES string of the molecule is CCOc1cccc(CNC(=O)c2sc(-n3cccc3)nc2C(C)C)c1. The molecule has 6 heteroatoms. The highest BCUT2D eigenvalue weighted by Crippen LogP contribution is 2.27. The average Bonchev–Trinajstić information content (AvgIpc) is 3.29. The van der Waals surface area contributed by atoms with Crippen molar-refractivity contribution in [2.24, 2.45) is 0 Å². The molecule has 2 heterocycles. The monoisotopic (exact) mass is 369 g/mol. The largest absolute Gasteiger partial charge is 0.494 e. The molecule has 1 N–H and O–H groups in total. The quantitative estimate of drug-likeness (QED) is 0.672. The van der Waals surface area contributed by atoms with Gasteiger partial charge in [0.1, 0.15) is 10.6 Å². The molecule has 3 rings (SSSR count). The Hall–Kier alpha value is -2.60. The molecule has 0 radical (unpaired) electrons. The number of hydrogen-bond donors (Lipinski definition) is 1. The molecule has 0 unspecified atom stereocenters. The summed E-state index contributed by atoms with van der Waals surface area (Å²) in [7, 11) is 0. The van der Waals surface area contributed by atoms with Gasteiger partial charge in [0.05, 0.1) is 12.3 Å². The van der Waals surface area contributed by atoms with Crippen molar-refractivity contribution in [3.8, 4) is 10.9 Å². The first-order valence-corrected chi connectivity index (χ1v) is 9.54. The predicted octanol–water partition coefficient (Wildman–Crippen LogP) is 4.39. The normalized spacial score (nSPS) is 10.9. The summed E-state index contributed by atoms with van der Waals surface area (Å²) in [5.74, 6) is 0.902. The zero-order chi connectivity index (χ0) is 18.5. The van der Waals surface area contributed by atoms with Gasteiger partial charge in [-0.2, -0.15) is 0 Å². The number of carbonyl (C=O) groups is 1. The second kappa shape index (κ2) is 8.19. The zero-order valence-electron chi connectivity index (χ0n) is 15.2. The van der Waals surface area contributed by atoms with Crippen LogP contribution in [-0.2, 0) is 6.54 Å². The van der Waals surface area contributed by atoms with Gasteiger partial charge in [0, 0.05) is 18.9 Å². The number of nitrogens with one attached hydrogen (secondary N) is 1. The van der Waals surface area contributed by atoms with Crippen LogP contribution in [0, 0.1) is 0 Å². The molecular weight excluding hydrogens is 346 g/mol. The van der Waals surface area contributed by atoms with Crippen molar-refractivity contribution in [2.45, 2.75) is 33.2 Å². The summed E-state index contributed by atoms with van der Waals surface area (Å²) in [5.41, 5.74) is 1.84. The van der Waals surface area contributed by atoms with E-state index in [-0.39, 0.29) is 11.8 Å². The van der Waals surface area contributed by atoms with Gasteiger partial charge in [-0.25, -0.2) is 4.98 Å². The number of rotatable bonds is 7. The van der Waals surface area contributed by atoms with Gasteiger partial charge < -0.3 is 14.6 Å². The average molecular weight is 369 g/mol. The van der Waals surface area contributed by atoms with E-state index >= 15 is 0 Å². The Morgan fingerprint density at radius 3 is 2.73 bits per heavy atom. The minimum Gasteiger partial charge on any atom is -0.494 e. The third-order valence-electron chi connectivity index (χ3n) is 3.88. The number of nitrogens with zero attached hydrogens (tertiary/aromatic N) is 2. The summed E-state index contributed by atoms with van der Waals surface area (Å²) in [6.07, 6.45) is 3.87. The van der Waals surface area contributed by atoms with E-state index in [1.165, 1.54) is 11.3 Å². The standard InChI is InChI=1S/C20H23N3O2S/c1-4-25-16-9-7-8-15(12-16)13-21-19(24)18-17(14(2)3)22-20(26-18)23-10-5-6-11-23/h5-12,14H,4,13H2,1-3H3,(H,21,24). The van der Waals surface area contributed by atoms with Crippen LogP contribution in [0.4, 0.5) is 0 Å². The van der Waals surface area contributed by atoms with Gasteiger partial charge in [-0.1, -0.05) is 37.3 Å². The van der Waals surface area contributed by atoms with Gasteiger partial charge in [-0.15, -0.1) is 0 Å². The number of ether oxygens (including phenoxy) is 1. The van der Waals surface area contributed by atoms with Crippen LogP contribution in [0.15, 0.2) is 48.8 Å².